The maximum Gasteiger partial charge on any atom is 0.255 e. The SMILES string of the molecule is Cc1ccc(Cl)cc1NC(=O)c1ccc2c(c1)CCN2. The fourth-order valence-electron chi connectivity index (χ4n) is 2.37. The van der Waals surface area contributed by atoms with Crippen molar-refractivity contribution in [3.05, 3.63) is 58.1 Å². The molecule has 0 aliphatic carbocycles. The van der Waals surface area contributed by atoms with Crippen molar-refractivity contribution in [2.45, 2.75) is 13.3 Å². The monoisotopic (exact) mass is 286 g/mol. The number of anilines is 2. The highest BCUT2D eigenvalue weighted by Gasteiger charge is 2.14. The molecule has 0 fully saturated rings. The second-order valence-electron chi connectivity index (χ2n) is 4.96. The molecular weight excluding hydrogens is 272 g/mol. The number of fused-ring (bicyclic) bond motifs is 1. The molecule has 0 radical (unpaired) electrons. The van der Waals surface area contributed by atoms with E-state index in [1.165, 1.54) is 5.56 Å². The number of rotatable bonds is 2. The second-order valence-corrected chi connectivity index (χ2v) is 5.40. The van der Waals surface area contributed by atoms with E-state index in [9.17, 15) is 4.79 Å². The number of benzene rings is 2. The third-order valence-corrected chi connectivity index (χ3v) is 3.76. The molecule has 2 N–H and O–H groups in total. The number of carbonyl (C=O) groups excluding carboxylic acids is 1. The fraction of sp³-hybridized carbons (Fsp3) is 0.188. The van der Waals surface area contributed by atoms with Crippen LogP contribution >= 0.6 is 11.6 Å². The van der Waals surface area contributed by atoms with Crippen molar-refractivity contribution in [1.82, 2.24) is 0 Å². The third-order valence-electron chi connectivity index (χ3n) is 3.53. The normalized spacial score (nSPS) is 12.7. The van der Waals surface area contributed by atoms with Gasteiger partial charge < -0.3 is 10.6 Å². The van der Waals surface area contributed by atoms with Gasteiger partial charge in [-0.25, -0.2) is 0 Å². The molecule has 0 spiro atoms. The zero-order valence-electron chi connectivity index (χ0n) is 11.2. The molecule has 1 amide bonds. The first-order chi connectivity index (χ1) is 9.63. The Kier molecular flexibility index (Phi) is 3.36. The fourth-order valence-corrected chi connectivity index (χ4v) is 2.54. The molecular formula is C16H15ClN2O. The van der Waals surface area contributed by atoms with E-state index in [4.69, 9.17) is 11.6 Å². The Morgan fingerprint density at radius 2 is 2.10 bits per heavy atom. The van der Waals surface area contributed by atoms with Gasteiger partial charge in [0.25, 0.3) is 5.91 Å². The van der Waals surface area contributed by atoms with Crippen LogP contribution in [0.15, 0.2) is 36.4 Å². The van der Waals surface area contributed by atoms with Crippen LogP contribution in [0, 0.1) is 6.92 Å². The lowest BCUT2D eigenvalue weighted by Gasteiger charge is -2.10. The lowest BCUT2D eigenvalue weighted by Crippen LogP contribution is -2.13. The average molecular weight is 287 g/mol. The Hall–Kier alpha value is -2.00. The summed E-state index contributed by atoms with van der Waals surface area (Å²) in [4.78, 5) is 12.3. The van der Waals surface area contributed by atoms with Crippen LogP contribution in [0.5, 0.6) is 0 Å². The minimum atomic E-state index is -0.106. The van der Waals surface area contributed by atoms with Crippen molar-refractivity contribution >= 4 is 28.9 Å². The molecule has 3 nitrogen and oxygen atoms in total. The number of hydrogen-bond donors (Lipinski definition) is 2. The zero-order chi connectivity index (χ0) is 14.1. The predicted molar refractivity (Wildman–Crippen MR) is 82.8 cm³/mol. The van der Waals surface area contributed by atoms with Crippen molar-refractivity contribution in [3.8, 4) is 0 Å². The first-order valence-electron chi connectivity index (χ1n) is 6.58. The Balaban J connectivity index is 1.84. The summed E-state index contributed by atoms with van der Waals surface area (Å²) in [7, 11) is 0. The van der Waals surface area contributed by atoms with E-state index in [0.717, 1.165) is 29.9 Å². The Labute approximate surface area is 123 Å². The number of halogens is 1. The molecule has 20 heavy (non-hydrogen) atoms. The molecule has 1 aliphatic heterocycles. The van der Waals surface area contributed by atoms with Crippen molar-refractivity contribution < 1.29 is 4.79 Å². The minimum Gasteiger partial charge on any atom is -0.384 e. The van der Waals surface area contributed by atoms with E-state index in [1.54, 1.807) is 6.07 Å². The van der Waals surface area contributed by atoms with Crippen molar-refractivity contribution in [3.63, 3.8) is 0 Å². The van der Waals surface area contributed by atoms with Crippen LogP contribution in [-0.4, -0.2) is 12.5 Å². The minimum absolute atomic E-state index is 0.106. The van der Waals surface area contributed by atoms with Crippen LogP contribution < -0.4 is 10.6 Å². The van der Waals surface area contributed by atoms with Crippen LogP contribution in [0.3, 0.4) is 0 Å². The van der Waals surface area contributed by atoms with E-state index in [-0.39, 0.29) is 5.91 Å². The predicted octanol–water partition coefficient (Wildman–Crippen LogP) is 3.87. The van der Waals surface area contributed by atoms with Gasteiger partial charge in [-0.15, -0.1) is 0 Å². The summed E-state index contributed by atoms with van der Waals surface area (Å²) in [5.74, 6) is -0.106. The van der Waals surface area contributed by atoms with E-state index in [2.05, 4.69) is 10.6 Å². The van der Waals surface area contributed by atoms with Crippen LogP contribution in [-0.2, 0) is 6.42 Å². The van der Waals surface area contributed by atoms with Gasteiger partial charge in [-0.3, -0.25) is 4.79 Å². The Morgan fingerprint density at radius 1 is 1.25 bits per heavy atom. The number of amides is 1. The molecule has 4 heteroatoms. The largest absolute Gasteiger partial charge is 0.384 e. The Bertz CT molecular complexity index is 682. The van der Waals surface area contributed by atoms with E-state index >= 15 is 0 Å². The van der Waals surface area contributed by atoms with Crippen molar-refractivity contribution in [1.29, 1.82) is 0 Å². The number of hydrogen-bond acceptors (Lipinski definition) is 2. The molecule has 102 valence electrons. The van der Waals surface area contributed by atoms with Crippen LogP contribution in [0.4, 0.5) is 11.4 Å². The highest BCUT2D eigenvalue weighted by Crippen LogP contribution is 2.24. The molecule has 0 atom stereocenters. The lowest BCUT2D eigenvalue weighted by molar-refractivity contribution is 0.102. The standard InChI is InChI=1S/C16H15ClN2O/c1-10-2-4-13(17)9-15(10)19-16(20)12-3-5-14-11(8-12)6-7-18-14/h2-5,8-9,18H,6-7H2,1H3,(H,19,20). The summed E-state index contributed by atoms with van der Waals surface area (Å²) >= 11 is 5.96. The van der Waals surface area contributed by atoms with Crippen molar-refractivity contribution in [2.75, 3.05) is 17.2 Å². The first-order valence-corrected chi connectivity index (χ1v) is 6.95. The van der Waals surface area contributed by atoms with Gasteiger partial charge in [0.1, 0.15) is 0 Å². The molecule has 2 aromatic carbocycles. The van der Waals surface area contributed by atoms with Gasteiger partial charge in [0.2, 0.25) is 0 Å². The molecule has 1 aliphatic rings. The summed E-state index contributed by atoms with van der Waals surface area (Å²) < 4.78 is 0. The quantitative estimate of drug-likeness (QED) is 0.880. The molecule has 0 saturated heterocycles. The van der Waals surface area contributed by atoms with Gasteiger partial charge in [-0.05, 0) is 54.8 Å². The van der Waals surface area contributed by atoms with E-state index < -0.39 is 0 Å². The smallest absolute Gasteiger partial charge is 0.255 e. The summed E-state index contributed by atoms with van der Waals surface area (Å²) in [6.07, 6.45) is 0.965. The van der Waals surface area contributed by atoms with Gasteiger partial charge in [0.05, 0.1) is 0 Å². The summed E-state index contributed by atoms with van der Waals surface area (Å²) in [6.45, 7) is 2.88. The molecule has 0 bridgehead atoms. The Morgan fingerprint density at radius 3 is 2.95 bits per heavy atom. The molecule has 1 heterocycles. The van der Waals surface area contributed by atoms with Gasteiger partial charge in [0, 0.05) is 28.5 Å². The molecule has 3 rings (SSSR count). The molecule has 0 saturated carbocycles. The summed E-state index contributed by atoms with van der Waals surface area (Å²) in [5, 5.41) is 6.81. The van der Waals surface area contributed by atoms with Crippen LogP contribution in [0.25, 0.3) is 0 Å². The lowest BCUT2D eigenvalue weighted by atomic mass is 10.1. The van der Waals surface area contributed by atoms with Crippen molar-refractivity contribution in [2.24, 2.45) is 0 Å². The topological polar surface area (TPSA) is 41.1 Å². The van der Waals surface area contributed by atoms with Gasteiger partial charge in [-0.2, -0.15) is 0 Å². The second kappa shape index (κ2) is 5.17. The first kappa shape index (κ1) is 13.0. The van der Waals surface area contributed by atoms with Gasteiger partial charge in [-0.1, -0.05) is 17.7 Å². The zero-order valence-corrected chi connectivity index (χ0v) is 11.9. The molecule has 2 aromatic rings. The summed E-state index contributed by atoms with van der Waals surface area (Å²) in [5.41, 5.74) is 4.74. The third kappa shape index (κ3) is 2.49. The number of nitrogens with one attached hydrogen (secondary N) is 2. The molecule has 0 unspecified atom stereocenters. The van der Waals surface area contributed by atoms with Crippen LogP contribution in [0.1, 0.15) is 21.5 Å². The molecule has 0 aromatic heterocycles. The van der Waals surface area contributed by atoms with Gasteiger partial charge >= 0.3 is 0 Å². The van der Waals surface area contributed by atoms with Crippen LogP contribution in [0.2, 0.25) is 5.02 Å². The number of aryl methyl sites for hydroxylation is 1. The van der Waals surface area contributed by atoms with Gasteiger partial charge in [0.15, 0.2) is 0 Å². The average Bonchev–Trinajstić information content (AvgIpc) is 2.90. The highest BCUT2D eigenvalue weighted by atomic mass is 35.5. The maximum absolute atomic E-state index is 12.3. The highest BCUT2D eigenvalue weighted by molar-refractivity contribution is 6.31. The van der Waals surface area contributed by atoms with E-state index in [0.29, 0.717) is 10.6 Å². The van der Waals surface area contributed by atoms with E-state index in [1.807, 2.05) is 37.3 Å². The number of carbonyl (C=O) groups is 1. The summed E-state index contributed by atoms with van der Waals surface area (Å²) in [6, 6.07) is 11.2. The maximum atomic E-state index is 12.3.